The summed E-state index contributed by atoms with van der Waals surface area (Å²) >= 11 is 5.97. The number of methoxy groups -OCH3 is 2. The van der Waals surface area contributed by atoms with Crippen molar-refractivity contribution in [1.82, 2.24) is 5.32 Å². The summed E-state index contributed by atoms with van der Waals surface area (Å²) in [5.74, 6) is -0.133. The molecule has 0 atom stereocenters. The van der Waals surface area contributed by atoms with Crippen LogP contribution in [0.4, 0.5) is 5.69 Å². The van der Waals surface area contributed by atoms with Gasteiger partial charge >= 0.3 is 0 Å². The van der Waals surface area contributed by atoms with Crippen LogP contribution in [-0.2, 0) is 24.5 Å². The van der Waals surface area contributed by atoms with Gasteiger partial charge in [-0.2, -0.15) is 0 Å². The minimum Gasteiger partial charge on any atom is -0.449 e. The summed E-state index contributed by atoms with van der Waals surface area (Å²) in [6, 6.07) is 12.7. The van der Waals surface area contributed by atoms with Crippen LogP contribution in [0.15, 0.2) is 48.2 Å². The molecule has 33 heavy (non-hydrogen) atoms. The summed E-state index contributed by atoms with van der Waals surface area (Å²) in [5, 5.41) is 3.34. The predicted molar refractivity (Wildman–Crippen MR) is 128 cm³/mol. The Balaban J connectivity index is 1.94. The lowest BCUT2D eigenvalue weighted by atomic mass is 9.86. The van der Waals surface area contributed by atoms with Crippen molar-refractivity contribution in [1.29, 1.82) is 0 Å². The number of halogens is 1. The van der Waals surface area contributed by atoms with Gasteiger partial charge in [0.1, 0.15) is 6.54 Å². The van der Waals surface area contributed by atoms with Gasteiger partial charge in [-0.25, -0.2) is 0 Å². The smallest absolute Gasteiger partial charge is 0.294 e. The van der Waals surface area contributed by atoms with E-state index in [2.05, 4.69) is 26.1 Å². The fourth-order valence-corrected chi connectivity index (χ4v) is 3.43. The van der Waals surface area contributed by atoms with E-state index in [0.717, 1.165) is 11.1 Å². The lowest BCUT2D eigenvalue weighted by Gasteiger charge is -2.32. The molecule has 0 aliphatic carbocycles. The quantitative estimate of drug-likeness (QED) is 0.484. The number of rotatable bonds is 7. The average molecular weight is 473 g/mol. The highest BCUT2D eigenvalue weighted by Gasteiger charge is 2.33. The lowest BCUT2D eigenvalue weighted by Crippen LogP contribution is -2.46. The third-order valence-electron chi connectivity index (χ3n) is 5.25. The van der Waals surface area contributed by atoms with Crippen molar-refractivity contribution in [3.8, 4) is 5.75 Å². The molecule has 0 fully saturated rings. The van der Waals surface area contributed by atoms with E-state index in [-0.39, 0.29) is 30.2 Å². The molecule has 0 saturated heterocycles. The van der Waals surface area contributed by atoms with Gasteiger partial charge in [0.15, 0.2) is 17.8 Å². The summed E-state index contributed by atoms with van der Waals surface area (Å²) in [6.07, 6.45) is 1.06. The van der Waals surface area contributed by atoms with Gasteiger partial charge in [-0.1, -0.05) is 50.6 Å². The molecule has 1 aliphatic rings. The van der Waals surface area contributed by atoms with Crippen molar-refractivity contribution in [2.75, 3.05) is 32.2 Å². The first-order valence-corrected chi connectivity index (χ1v) is 10.9. The molecule has 1 heterocycles. The first kappa shape index (κ1) is 24.8. The second kappa shape index (κ2) is 10.4. The SMILES string of the molecule is COC(CNC(=O)CN1C(=O)C(=Cc2ccc(Cl)cc2)Oc2ccc(C(C)(C)C)cc21)OC. The van der Waals surface area contributed by atoms with Crippen LogP contribution in [0.1, 0.15) is 31.9 Å². The Morgan fingerprint density at radius 2 is 1.82 bits per heavy atom. The summed E-state index contributed by atoms with van der Waals surface area (Å²) < 4.78 is 16.2. The lowest BCUT2D eigenvalue weighted by molar-refractivity contribution is -0.127. The first-order valence-electron chi connectivity index (χ1n) is 10.6. The standard InChI is InChI=1S/C25H29ClN2O5/c1-25(2,3)17-8-11-20-19(13-17)28(15-22(29)27-14-23(31-4)32-5)24(30)21(33-20)12-16-6-9-18(26)10-7-16/h6-13,23H,14-15H2,1-5H3,(H,27,29). The summed E-state index contributed by atoms with van der Waals surface area (Å²) in [4.78, 5) is 27.5. The van der Waals surface area contributed by atoms with Crippen molar-refractivity contribution < 1.29 is 23.8 Å². The van der Waals surface area contributed by atoms with Crippen molar-refractivity contribution in [2.45, 2.75) is 32.5 Å². The highest BCUT2D eigenvalue weighted by molar-refractivity contribution is 6.30. The largest absolute Gasteiger partial charge is 0.449 e. The van der Waals surface area contributed by atoms with E-state index in [1.54, 1.807) is 30.3 Å². The molecule has 0 radical (unpaired) electrons. The summed E-state index contributed by atoms with van der Waals surface area (Å²) in [5.41, 5.74) is 2.18. The van der Waals surface area contributed by atoms with Gasteiger partial charge in [0.05, 0.1) is 12.2 Å². The minimum absolute atomic E-state index is 0.118. The van der Waals surface area contributed by atoms with Crippen LogP contribution >= 0.6 is 11.6 Å². The normalized spacial score (nSPS) is 14.9. The molecule has 3 rings (SSSR count). The molecule has 0 unspecified atom stereocenters. The molecular weight excluding hydrogens is 444 g/mol. The Kier molecular flexibility index (Phi) is 7.79. The van der Waals surface area contributed by atoms with Crippen LogP contribution in [0.5, 0.6) is 5.75 Å². The highest BCUT2D eigenvalue weighted by Crippen LogP contribution is 2.39. The van der Waals surface area contributed by atoms with Gasteiger partial charge in [0.25, 0.3) is 5.91 Å². The fraction of sp³-hybridized carbons (Fsp3) is 0.360. The molecule has 0 aromatic heterocycles. The molecule has 2 amide bonds. The zero-order valence-corrected chi connectivity index (χ0v) is 20.2. The number of nitrogens with zero attached hydrogens (tertiary/aromatic N) is 1. The van der Waals surface area contributed by atoms with Gasteiger partial charge in [-0.05, 0) is 46.9 Å². The van der Waals surface area contributed by atoms with Gasteiger partial charge in [-0.15, -0.1) is 0 Å². The maximum atomic E-state index is 13.4. The average Bonchev–Trinajstić information content (AvgIpc) is 2.77. The number of fused-ring (bicyclic) bond motifs is 1. The number of hydrogen-bond acceptors (Lipinski definition) is 5. The van der Waals surface area contributed by atoms with Crippen molar-refractivity contribution in [2.24, 2.45) is 0 Å². The van der Waals surface area contributed by atoms with Gasteiger partial charge in [0, 0.05) is 19.2 Å². The third-order valence-corrected chi connectivity index (χ3v) is 5.50. The number of hydrogen-bond donors (Lipinski definition) is 1. The molecule has 2 aromatic carbocycles. The van der Waals surface area contributed by atoms with Crippen LogP contribution in [-0.4, -0.2) is 45.4 Å². The molecule has 1 N–H and O–H groups in total. The van der Waals surface area contributed by atoms with Crippen LogP contribution in [0.3, 0.4) is 0 Å². The van der Waals surface area contributed by atoms with Crippen molar-refractivity contribution in [3.63, 3.8) is 0 Å². The van der Waals surface area contributed by atoms with E-state index in [0.29, 0.717) is 16.5 Å². The van der Waals surface area contributed by atoms with Gasteiger partial charge < -0.3 is 19.5 Å². The molecule has 0 bridgehead atoms. The second-order valence-corrected chi connectivity index (χ2v) is 9.13. The molecule has 0 saturated carbocycles. The van der Waals surface area contributed by atoms with E-state index < -0.39 is 12.2 Å². The Morgan fingerprint density at radius 3 is 2.42 bits per heavy atom. The zero-order valence-electron chi connectivity index (χ0n) is 19.5. The number of carbonyl (C=O) groups excluding carboxylic acids is 2. The maximum absolute atomic E-state index is 13.4. The van der Waals surface area contributed by atoms with Crippen LogP contribution in [0, 0.1) is 0 Å². The predicted octanol–water partition coefficient (Wildman–Crippen LogP) is 4.14. The van der Waals surface area contributed by atoms with E-state index >= 15 is 0 Å². The molecule has 1 aliphatic heterocycles. The van der Waals surface area contributed by atoms with E-state index in [4.69, 9.17) is 25.8 Å². The van der Waals surface area contributed by atoms with E-state index in [1.165, 1.54) is 19.1 Å². The summed E-state index contributed by atoms with van der Waals surface area (Å²) in [7, 11) is 2.98. The molecule has 0 spiro atoms. The molecule has 2 aromatic rings. The number of anilines is 1. The molecule has 176 valence electrons. The topological polar surface area (TPSA) is 77.1 Å². The third kappa shape index (κ3) is 6.13. The van der Waals surface area contributed by atoms with Crippen LogP contribution in [0.25, 0.3) is 6.08 Å². The fourth-order valence-electron chi connectivity index (χ4n) is 3.30. The van der Waals surface area contributed by atoms with Crippen LogP contribution < -0.4 is 15.0 Å². The van der Waals surface area contributed by atoms with Crippen molar-refractivity contribution >= 4 is 35.2 Å². The van der Waals surface area contributed by atoms with E-state index in [9.17, 15) is 9.59 Å². The summed E-state index contributed by atoms with van der Waals surface area (Å²) in [6.45, 7) is 6.23. The second-order valence-electron chi connectivity index (χ2n) is 8.69. The number of amides is 2. The zero-order chi connectivity index (χ0) is 24.2. The number of nitrogens with one attached hydrogen (secondary N) is 1. The molecule has 8 heteroatoms. The number of carbonyl (C=O) groups is 2. The Bertz CT molecular complexity index is 1040. The highest BCUT2D eigenvalue weighted by atomic mass is 35.5. The van der Waals surface area contributed by atoms with Gasteiger partial charge in [0.2, 0.25) is 5.91 Å². The number of benzene rings is 2. The van der Waals surface area contributed by atoms with E-state index in [1.807, 2.05) is 18.2 Å². The Morgan fingerprint density at radius 1 is 1.15 bits per heavy atom. The molecule has 7 nitrogen and oxygen atoms in total. The first-order chi connectivity index (χ1) is 15.6. The Labute approximate surface area is 199 Å². The van der Waals surface area contributed by atoms with Crippen molar-refractivity contribution in [3.05, 3.63) is 64.4 Å². The number of ether oxygens (including phenoxy) is 3. The minimum atomic E-state index is -0.575. The Hall–Kier alpha value is -2.87. The maximum Gasteiger partial charge on any atom is 0.294 e. The van der Waals surface area contributed by atoms with Crippen LogP contribution in [0.2, 0.25) is 5.02 Å². The monoisotopic (exact) mass is 472 g/mol. The van der Waals surface area contributed by atoms with Gasteiger partial charge in [-0.3, -0.25) is 14.5 Å². The molecular formula is C25H29ClN2O5.